The molecule has 0 aliphatic heterocycles. The minimum Gasteiger partial charge on any atom is -0.346 e. The van der Waals surface area contributed by atoms with Crippen LogP contribution in [-0.4, -0.2) is 15.7 Å². The molecule has 0 saturated carbocycles. The lowest BCUT2D eigenvalue weighted by molar-refractivity contribution is 0.0949. The molecule has 0 atom stereocenters. The average Bonchev–Trinajstić information content (AvgIpc) is 2.75. The van der Waals surface area contributed by atoms with Crippen molar-refractivity contribution in [2.75, 3.05) is 0 Å². The molecule has 2 aromatic rings. The predicted molar refractivity (Wildman–Crippen MR) is 73.3 cm³/mol. The minimum atomic E-state index is -0.101. The number of carbonyl (C=O) groups is 1. The van der Waals surface area contributed by atoms with Gasteiger partial charge in [0, 0.05) is 17.7 Å². The Bertz CT molecular complexity index is 577. The summed E-state index contributed by atoms with van der Waals surface area (Å²) in [6.45, 7) is 2.39. The molecule has 1 aromatic carbocycles. The third-order valence-corrected chi connectivity index (χ3v) is 3.26. The highest BCUT2D eigenvalue weighted by molar-refractivity contribution is 9.10. The Morgan fingerprint density at radius 1 is 1.44 bits per heavy atom. The van der Waals surface area contributed by atoms with Crippen molar-refractivity contribution in [3.05, 3.63) is 51.8 Å². The molecule has 18 heavy (non-hydrogen) atoms. The van der Waals surface area contributed by atoms with Gasteiger partial charge in [0.05, 0.1) is 17.8 Å². The van der Waals surface area contributed by atoms with Gasteiger partial charge in [0.1, 0.15) is 0 Å². The van der Waals surface area contributed by atoms with Gasteiger partial charge in [0.25, 0.3) is 5.91 Å². The maximum Gasteiger partial charge on any atom is 0.252 e. The van der Waals surface area contributed by atoms with Crippen molar-refractivity contribution in [2.45, 2.75) is 13.5 Å². The lowest BCUT2D eigenvalue weighted by atomic mass is 10.1. The van der Waals surface area contributed by atoms with Gasteiger partial charge in [-0.15, -0.1) is 0 Å². The van der Waals surface area contributed by atoms with Gasteiger partial charge in [-0.3, -0.25) is 9.48 Å². The van der Waals surface area contributed by atoms with Crippen LogP contribution in [0.1, 0.15) is 21.6 Å². The van der Waals surface area contributed by atoms with E-state index in [9.17, 15) is 4.79 Å². The molecule has 0 spiro atoms. The maximum atomic E-state index is 12.0. The summed E-state index contributed by atoms with van der Waals surface area (Å²) in [6, 6.07) is 7.58. The first-order chi connectivity index (χ1) is 8.56. The molecule has 1 N–H and O–H groups in total. The van der Waals surface area contributed by atoms with E-state index in [4.69, 9.17) is 0 Å². The number of aryl methyl sites for hydroxylation is 2. The number of rotatable bonds is 3. The lowest BCUT2D eigenvalue weighted by Gasteiger charge is -2.06. The lowest BCUT2D eigenvalue weighted by Crippen LogP contribution is -2.23. The van der Waals surface area contributed by atoms with Gasteiger partial charge in [0.2, 0.25) is 0 Å². The van der Waals surface area contributed by atoms with Gasteiger partial charge >= 0.3 is 0 Å². The third kappa shape index (κ3) is 2.98. The smallest absolute Gasteiger partial charge is 0.252 e. The normalized spacial score (nSPS) is 10.4. The fraction of sp³-hybridized carbons (Fsp3) is 0.231. The van der Waals surface area contributed by atoms with Crippen LogP contribution in [0.2, 0.25) is 0 Å². The summed E-state index contributed by atoms with van der Waals surface area (Å²) in [5.74, 6) is -0.101. The van der Waals surface area contributed by atoms with E-state index in [-0.39, 0.29) is 5.91 Å². The van der Waals surface area contributed by atoms with Crippen molar-refractivity contribution in [2.24, 2.45) is 7.05 Å². The Kier molecular flexibility index (Phi) is 3.81. The van der Waals surface area contributed by atoms with Crippen LogP contribution in [0.3, 0.4) is 0 Å². The Labute approximate surface area is 114 Å². The average molecular weight is 308 g/mol. The van der Waals surface area contributed by atoms with Crippen molar-refractivity contribution >= 4 is 21.8 Å². The van der Waals surface area contributed by atoms with Gasteiger partial charge in [-0.2, -0.15) is 5.10 Å². The molecular weight excluding hydrogens is 294 g/mol. The second-order valence-corrected chi connectivity index (χ2v) is 5.00. The highest BCUT2D eigenvalue weighted by Crippen LogP contribution is 2.18. The Balaban J connectivity index is 2.05. The van der Waals surface area contributed by atoms with Crippen LogP contribution < -0.4 is 5.32 Å². The highest BCUT2D eigenvalue weighted by Gasteiger charge is 2.10. The van der Waals surface area contributed by atoms with E-state index in [2.05, 4.69) is 26.3 Å². The molecule has 0 saturated heterocycles. The van der Waals surface area contributed by atoms with Crippen LogP contribution in [-0.2, 0) is 13.6 Å². The third-order valence-electron chi connectivity index (χ3n) is 2.57. The van der Waals surface area contributed by atoms with Crippen LogP contribution in [0.4, 0.5) is 0 Å². The second kappa shape index (κ2) is 5.35. The fourth-order valence-electron chi connectivity index (χ4n) is 1.64. The van der Waals surface area contributed by atoms with Crippen molar-refractivity contribution in [1.29, 1.82) is 0 Å². The van der Waals surface area contributed by atoms with E-state index < -0.39 is 0 Å². The van der Waals surface area contributed by atoms with Gasteiger partial charge < -0.3 is 5.32 Å². The summed E-state index contributed by atoms with van der Waals surface area (Å²) >= 11 is 3.38. The summed E-state index contributed by atoms with van der Waals surface area (Å²) in [6.07, 6.45) is 1.85. The zero-order valence-electron chi connectivity index (χ0n) is 10.3. The number of aromatic nitrogens is 2. The topological polar surface area (TPSA) is 46.9 Å². The van der Waals surface area contributed by atoms with Crippen molar-refractivity contribution in [3.8, 4) is 0 Å². The first-order valence-electron chi connectivity index (χ1n) is 5.59. The van der Waals surface area contributed by atoms with Crippen LogP contribution in [0.5, 0.6) is 0 Å². The summed E-state index contributed by atoms with van der Waals surface area (Å²) in [4.78, 5) is 12.0. The van der Waals surface area contributed by atoms with Crippen LogP contribution in [0.15, 0.2) is 34.9 Å². The Hall–Kier alpha value is -1.62. The number of carbonyl (C=O) groups excluding carboxylic acids is 1. The molecule has 1 amide bonds. The van der Waals surface area contributed by atoms with Gasteiger partial charge in [-0.25, -0.2) is 0 Å². The molecular formula is C13H14BrN3O. The molecule has 94 valence electrons. The summed E-state index contributed by atoms with van der Waals surface area (Å²) in [5, 5.41) is 7.06. The van der Waals surface area contributed by atoms with Crippen molar-refractivity contribution in [3.63, 3.8) is 0 Å². The van der Waals surface area contributed by atoms with E-state index in [0.29, 0.717) is 12.1 Å². The summed E-state index contributed by atoms with van der Waals surface area (Å²) in [7, 11) is 1.85. The Morgan fingerprint density at radius 2 is 2.22 bits per heavy atom. The van der Waals surface area contributed by atoms with Crippen LogP contribution in [0, 0.1) is 6.92 Å². The monoisotopic (exact) mass is 307 g/mol. The number of nitrogens with one attached hydrogen (secondary N) is 1. The number of hydrogen-bond donors (Lipinski definition) is 1. The molecule has 0 unspecified atom stereocenters. The number of halogens is 1. The van der Waals surface area contributed by atoms with E-state index in [1.807, 2.05) is 44.4 Å². The molecule has 0 bridgehead atoms. The number of amides is 1. The van der Waals surface area contributed by atoms with Crippen molar-refractivity contribution in [1.82, 2.24) is 15.1 Å². The minimum absolute atomic E-state index is 0.101. The van der Waals surface area contributed by atoms with Gasteiger partial charge in [-0.1, -0.05) is 11.6 Å². The highest BCUT2D eigenvalue weighted by atomic mass is 79.9. The van der Waals surface area contributed by atoms with E-state index in [0.717, 1.165) is 15.7 Å². The fourth-order valence-corrected chi connectivity index (χ4v) is 2.06. The second-order valence-electron chi connectivity index (χ2n) is 4.15. The molecule has 4 nitrogen and oxygen atoms in total. The van der Waals surface area contributed by atoms with E-state index >= 15 is 0 Å². The number of benzene rings is 1. The van der Waals surface area contributed by atoms with Crippen LogP contribution >= 0.6 is 15.9 Å². The molecule has 1 aromatic heterocycles. The SMILES string of the molecule is Cc1ccc(Br)c(C(=O)NCc2ccn(C)n2)c1. The van der Waals surface area contributed by atoms with Crippen LogP contribution in [0.25, 0.3) is 0 Å². The first kappa shape index (κ1) is 12.8. The van der Waals surface area contributed by atoms with Crippen molar-refractivity contribution < 1.29 is 4.79 Å². The Morgan fingerprint density at radius 3 is 2.89 bits per heavy atom. The summed E-state index contributed by atoms with van der Waals surface area (Å²) in [5.41, 5.74) is 2.54. The predicted octanol–water partition coefficient (Wildman–Crippen LogP) is 2.42. The molecule has 0 aliphatic carbocycles. The molecule has 1 heterocycles. The van der Waals surface area contributed by atoms with E-state index in [1.165, 1.54) is 0 Å². The molecule has 5 heteroatoms. The molecule has 2 rings (SSSR count). The largest absolute Gasteiger partial charge is 0.346 e. The quantitative estimate of drug-likeness (QED) is 0.946. The molecule has 0 radical (unpaired) electrons. The summed E-state index contributed by atoms with van der Waals surface area (Å²) < 4.78 is 2.51. The van der Waals surface area contributed by atoms with Gasteiger partial charge in [-0.05, 0) is 41.1 Å². The zero-order valence-corrected chi connectivity index (χ0v) is 11.9. The number of hydrogen-bond acceptors (Lipinski definition) is 2. The first-order valence-corrected chi connectivity index (χ1v) is 6.38. The maximum absolute atomic E-state index is 12.0. The molecule has 0 fully saturated rings. The molecule has 0 aliphatic rings. The van der Waals surface area contributed by atoms with E-state index in [1.54, 1.807) is 4.68 Å². The number of nitrogens with zero attached hydrogens (tertiary/aromatic N) is 2. The van der Waals surface area contributed by atoms with Gasteiger partial charge in [0.15, 0.2) is 0 Å². The standard InChI is InChI=1S/C13H14BrN3O/c1-9-3-4-12(14)11(7-9)13(18)15-8-10-5-6-17(2)16-10/h3-7H,8H2,1-2H3,(H,15,18). The zero-order chi connectivity index (χ0) is 13.1.